The SMILES string of the molecule is C=CCN(CC=C)C(=O)c1cccc(Br)n1. The molecule has 0 aromatic carbocycles. The lowest BCUT2D eigenvalue weighted by Gasteiger charge is -2.18. The van der Waals surface area contributed by atoms with Crippen molar-refractivity contribution in [3.8, 4) is 0 Å². The van der Waals surface area contributed by atoms with Gasteiger partial charge in [-0.1, -0.05) is 18.2 Å². The zero-order valence-electron chi connectivity index (χ0n) is 8.90. The molecule has 1 aromatic heterocycles. The van der Waals surface area contributed by atoms with E-state index < -0.39 is 0 Å². The Morgan fingerprint density at radius 2 is 2.00 bits per heavy atom. The van der Waals surface area contributed by atoms with E-state index in [1.165, 1.54) is 0 Å². The highest BCUT2D eigenvalue weighted by Gasteiger charge is 2.14. The first-order valence-corrected chi connectivity index (χ1v) is 5.62. The Hall–Kier alpha value is -1.42. The Morgan fingerprint density at radius 3 is 2.50 bits per heavy atom. The third-order valence-corrected chi connectivity index (χ3v) is 2.36. The fourth-order valence-electron chi connectivity index (χ4n) is 1.24. The minimum Gasteiger partial charge on any atom is -0.330 e. The molecule has 0 spiro atoms. The third kappa shape index (κ3) is 3.31. The number of pyridine rings is 1. The van der Waals surface area contributed by atoms with Crippen molar-refractivity contribution in [2.75, 3.05) is 13.1 Å². The molecule has 84 valence electrons. The Bertz CT molecular complexity index is 394. The van der Waals surface area contributed by atoms with Gasteiger partial charge in [-0.05, 0) is 28.1 Å². The molecular weight excluding hydrogens is 268 g/mol. The minimum absolute atomic E-state index is 0.124. The van der Waals surface area contributed by atoms with E-state index in [1.54, 1.807) is 35.3 Å². The van der Waals surface area contributed by atoms with Crippen molar-refractivity contribution in [1.82, 2.24) is 9.88 Å². The zero-order chi connectivity index (χ0) is 12.0. The lowest BCUT2D eigenvalue weighted by atomic mass is 10.3. The number of hydrogen-bond donors (Lipinski definition) is 0. The van der Waals surface area contributed by atoms with Crippen molar-refractivity contribution >= 4 is 21.8 Å². The summed E-state index contributed by atoms with van der Waals surface area (Å²) in [6.45, 7) is 8.21. The maximum Gasteiger partial charge on any atom is 0.273 e. The van der Waals surface area contributed by atoms with Gasteiger partial charge in [-0.3, -0.25) is 4.79 Å². The maximum absolute atomic E-state index is 12.0. The van der Waals surface area contributed by atoms with Crippen LogP contribution in [0, 0.1) is 0 Å². The van der Waals surface area contributed by atoms with Gasteiger partial charge in [-0.15, -0.1) is 13.2 Å². The van der Waals surface area contributed by atoms with Gasteiger partial charge in [0.1, 0.15) is 10.3 Å². The summed E-state index contributed by atoms with van der Waals surface area (Å²) in [6, 6.07) is 5.25. The van der Waals surface area contributed by atoms with E-state index >= 15 is 0 Å². The van der Waals surface area contributed by atoms with Crippen LogP contribution >= 0.6 is 15.9 Å². The van der Waals surface area contributed by atoms with E-state index in [1.807, 2.05) is 0 Å². The summed E-state index contributed by atoms with van der Waals surface area (Å²) in [4.78, 5) is 17.8. The Balaban J connectivity index is 2.89. The molecule has 16 heavy (non-hydrogen) atoms. The fourth-order valence-corrected chi connectivity index (χ4v) is 1.59. The number of aromatic nitrogens is 1. The predicted molar refractivity (Wildman–Crippen MR) is 68.2 cm³/mol. The van der Waals surface area contributed by atoms with Crippen LogP contribution in [0.4, 0.5) is 0 Å². The van der Waals surface area contributed by atoms with Crippen molar-refractivity contribution in [2.45, 2.75) is 0 Å². The average molecular weight is 281 g/mol. The van der Waals surface area contributed by atoms with Crippen LogP contribution in [-0.4, -0.2) is 28.9 Å². The smallest absolute Gasteiger partial charge is 0.273 e. The van der Waals surface area contributed by atoms with Gasteiger partial charge in [0.25, 0.3) is 5.91 Å². The summed E-state index contributed by atoms with van der Waals surface area (Å²) in [6.07, 6.45) is 3.36. The molecular formula is C12H13BrN2O. The second-order valence-electron chi connectivity index (χ2n) is 3.13. The van der Waals surface area contributed by atoms with Gasteiger partial charge in [0.2, 0.25) is 0 Å². The van der Waals surface area contributed by atoms with Crippen molar-refractivity contribution in [3.05, 3.63) is 53.8 Å². The van der Waals surface area contributed by atoms with Crippen molar-refractivity contribution in [1.29, 1.82) is 0 Å². The average Bonchev–Trinajstić information content (AvgIpc) is 2.28. The van der Waals surface area contributed by atoms with Crippen LogP contribution in [0.5, 0.6) is 0 Å². The van der Waals surface area contributed by atoms with E-state index in [0.29, 0.717) is 23.4 Å². The molecule has 0 aliphatic carbocycles. The molecule has 0 bridgehead atoms. The highest BCUT2D eigenvalue weighted by Crippen LogP contribution is 2.08. The molecule has 0 unspecified atom stereocenters. The third-order valence-electron chi connectivity index (χ3n) is 1.92. The molecule has 1 aromatic rings. The van der Waals surface area contributed by atoms with Crippen molar-refractivity contribution in [2.24, 2.45) is 0 Å². The van der Waals surface area contributed by atoms with Gasteiger partial charge in [0.15, 0.2) is 0 Å². The largest absolute Gasteiger partial charge is 0.330 e. The van der Waals surface area contributed by atoms with Crippen LogP contribution in [0.15, 0.2) is 48.1 Å². The lowest BCUT2D eigenvalue weighted by molar-refractivity contribution is 0.0785. The van der Waals surface area contributed by atoms with E-state index in [-0.39, 0.29) is 5.91 Å². The van der Waals surface area contributed by atoms with Crippen LogP contribution in [-0.2, 0) is 0 Å². The summed E-state index contributed by atoms with van der Waals surface area (Å²) in [7, 11) is 0. The van der Waals surface area contributed by atoms with Gasteiger partial charge in [-0.2, -0.15) is 0 Å². The van der Waals surface area contributed by atoms with Crippen molar-refractivity contribution in [3.63, 3.8) is 0 Å². The first-order valence-electron chi connectivity index (χ1n) is 4.82. The highest BCUT2D eigenvalue weighted by molar-refractivity contribution is 9.10. The topological polar surface area (TPSA) is 33.2 Å². The number of hydrogen-bond acceptors (Lipinski definition) is 2. The van der Waals surface area contributed by atoms with Crippen LogP contribution in [0.25, 0.3) is 0 Å². The van der Waals surface area contributed by atoms with Crippen LogP contribution < -0.4 is 0 Å². The van der Waals surface area contributed by atoms with Crippen molar-refractivity contribution < 1.29 is 4.79 Å². The number of halogens is 1. The molecule has 1 amide bonds. The van der Waals surface area contributed by atoms with Crippen LogP contribution in [0.1, 0.15) is 10.5 Å². The standard InChI is InChI=1S/C12H13BrN2O/c1-3-8-15(9-4-2)12(16)10-6-5-7-11(13)14-10/h3-7H,1-2,8-9H2. The monoisotopic (exact) mass is 280 g/mol. The number of amides is 1. The number of carbonyl (C=O) groups excluding carboxylic acids is 1. The predicted octanol–water partition coefficient (Wildman–Crippen LogP) is 2.66. The van der Waals surface area contributed by atoms with Gasteiger partial charge in [0, 0.05) is 13.1 Å². The Kier molecular flexibility index (Phi) is 4.92. The quantitative estimate of drug-likeness (QED) is 0.614. The van der Waals surface area contributed by atoms with Gasteiger partial charge in [-0.25, -0.2) is 4.98 Å². The lowest BCUT2D eigenvalue weighted by Crippen LogP contribution is -2.31. The fraction of sp³-hybridized carbons (Fsp3) is 0.167. The second-order valence-corrected chi connectivity index (χ2v) is 3.95. The Labute approximate surface area is 104 Å². The van der Waals surface area contributed by atoms with Crippen LogP contribution in [0.2, 0.25) is 0 Å². The normalized spacial score (nSPS) is 9.56. The van der Waals surface area contributed by atoms with E-state index in [2.05, 4.69) is 34.1 Å². The van der Waals surface area contributed by atoms with Crippen LogP contribution in [0.3, 0.4) is 0 Å². The number of nitrogens with zero attached hydrogens (tertiary/aromatic N) is 2. The van der Waals surface area contributed by atoms with Gasteiger partial charge >= 0.3 is 0 Å². The molecule has 0 fully saturated rings. The number of rotatable bonds is 5. The zero-order valence-corrected chi connectivity index (χ0v) is 10.5. The second kappa shape index (κ2) is 6.23. The Morgan fingerprint density at radius 1 is 1.38 bits per heavy atom. The summed E-state index contributed by atoms with van der Waals surface area (Å²) < 4.78 is 0.649. The highest BCUT2D eigenvalue weighted by atomic mass is 79.9. The van der Waals surface area contributed by atoms with E-state index in [4.69, 9.17) is 0 Å². The summed E-state index contributed by atoms with van der Waals surface area (Å²) in [5.74, 6) is -0.124. The van der Waals surface area contributed by atoms with Gasteiger partial charge in [0.05, 0.1) is 0 Å². The van der Waals surface area contributed by atoms with Gasteiger partial charge < -0.3 is 4.90 Å². The summed E-state index contributed by atoms with van der Waals surface area (Å²) in [5.41, 5.74) is 0.415. The molecule has 1 heterocycles. The van der Waals surface area contributed by atoms with E-state index in [0.717, 1.165) is 0 Å². The first kappa shape index (κ1) is 12.6. The molecule has 0 radical (unpaired) electrons. The molecule has 0 saturated carbocycles. The van der Waals surface area contributed by atoms with E-state index in [9.17, 15) is 4.79 Å². The molecule has 0 N–H and O–H groups in total. The minimum atomic E-state index is -0.124. The molecule has 3 nitrogen and oxygen atoms in total. The molecule has 0 aliphatic heterocycles. The summed E-state index contributed by atoms with van der Waals surface area (Å²) >= 11 is 3.24. The number of carbonyl (C=O) groups is 1. The summed E-state index contributed by atoms with van der Waals surface area (Å²) in [5, 5.41) is 0. The molecule has 4 heteroatoms. The first-order chi connectivity index (χ1) is 7.69. The molecule has 0 atom stereocenters. The molecule has 0 saturated heterocycles. The molecule has 1 rings (SSSR count). The molecule has 0 aliphatic rings. The maximum atomic E-state index is 12.0.